The first-order valence-corrected chi connectivity index (χ1v) is 7.51. The molecule has 20 heavy (non-hydrogen) atoms. The van der Waals surface area contributed by atoms with Crippen molar-refractivity contribution in [1.82, 2.24) is 10.2 Å². The smallest absolute Gasteiger partial charge is 0.285 e. The van der Waals surface area contributed by atoms with Crippen LogP contribution in [0.4, 0.5) is 8.78 Å². The first-order valence-electron chi connectivity index (χ1n) is 7.51. The third-order valence-electron chi connectivity index (χ3n) is 3.94. The maximum Gasteiger partial charge on any atom is 0.285 e. The highest BCUT2D eigenvalue weighted by Gasteiger charge is 2.32. The Bertz CT molecular complexity index is 387. The first kappa shape index (κ1) is 15.4. The molecule has 0 atom stereocenters. The van der Waals surface area contributed by atoms with Crippen molar-refractivity contribution in [2.24, 2.45) is 0 Å². The van der Waals surface area contributed by atoms with Gasteiger partial charge in [-0.05, 0) is 38.9 Å². The molecule has 0 radical (unpaired) electrons. The molecular weight excluding hydrogens is 258 g/mol. The van der Waals surface area contributed by atoms with E-state index < -0.39 is 5.92 Å². The molecule has 1 aliphatic rings. The molecular formula is C16H24F2N2. The van der Waals surface area contributed by atoms with Gasteiger partial charge in [0.15, 0.2) is 0 Å². The number of rotatable bonds is 6. The highest BCUT2D eigenvalue weighted by molar-refractivity contribution is 5.20. The Morgan fingerprint density at radius 3 is 2.45 bits per heavy atom. The molecule has 0 aliphatic carbocycles. The number of hydrogen-bond donors (Lipinski definition) is 1. The van der Waals surface area contributed by atoms with Gasteiger partial charge in [-0.15, -0.1) is 0 Å². The maximum absolute atomic E-state index is 14.0. The lowest BCUT2D eigenvalue weighted by Gasteiger charge is -2.33. The molecule has 0 bridgehead atoms. The zero-order chi connectivity index (χ0) is 14.4. The Kier molecular flexibility index (Phi) is 5.49. The molecule has 1 aliphatic heterocycles. The van der Waals surface area contributed by atoms with E-state index in [1.54, 1.807) is 18.2 Å². The third kappa shape index (κ3) is 4.25. The van der Waals surface area contributed by atoms with Gasteiger partial charge in [-0.25, -0.2) is 0 Å². The molecule has 0 saturated carbocycles. The number of piperidine rings is 1. The quantitative estimate of drug-likeness (QED) is 0.861. The minimum atomic E-state index is -2.79. The molecule has 1 fully saturated rings. The second-order valence-electron chi connectivity index (χ2n) is 5.57. The van der Waals surface area contributed by atoms with Gasteiger partial charge in [-0.3, -0.25) is 0 Å². The molecule has 0 unspecified atom stereocenters. The average Bonchev–Trinajstić information content (AvgIpc) is 2.48. The van der Waals surface area contributed by atoms with Crippen LogP contribution < -0.4 is 5.32 Å². The highest BCUT2D eigenvalue weighted by atomic mass is 19.3. The van der Waals surface area contributed by atoms with Crippen molar-refractivity contribution in [2.45, 2.75) is 38.2 Å². The summed E-state index contributed by atoms with van der Waals surface area (Å²) < 4.78 is 28.1. The van der Waals surface area contributed by atoms with Crippen LogP contribution in [0.25, 0.3) is 0 Å². The summed E-state index contributed by atoms with van der Waals surface area (Å²) >= 11 is 0. The summed E-state index contributed by atoms with van der Waals surface area (Å²) in [5, 5.41) is 3.05. The number of halogens is 2. The van der Waals surface area contributed by atoms with Gasteiger partial charge < -0.3 is 10.2 Å². The zero-order valence-corrected chi connectivity index (χ0v) is 12.1. The van der Waals surface area contributed by atoms with Gasteiger partial charge in [-0.1, -0.05) is 37.3 Å². The second-order valence-corrected chi connectivity index (χ2v) is 5.57. The number of nitrogens with zero attached hydrogens (tertiary/aromatic N) is 1. The lowest BCUT2D eigenvalue weighted by Crippen LogP contribution is -2.45. The fraction of sp³-hybridized carbons (Fsp3) is 0.625. The third-order valence-corrected chi connectivity index (χ3v) is 3.94. The van der Waals surface area contributed by atoms with Gasteiger partial charge in [0.05, 0.1) is 6.54 Å². The Morgan fingerprint density at radius 2 is 1.85 bits per heavy atom. The topological polar surface area (TPSA) is 15.3 Å². The number of likely N-dealkylation sites (tertiary alicyclic amines) is 1. The van der Waals surface area contributed by atoms with Gasteiger partial charge in [0.2, 0.25) is 0 Å². The fourth-order valence-electron chi connectivity index (χ4n) is 2.73. The first-order chi connectivity index (χ1) is 9.62. The van der Waals surface area contributed by atoms with Gasteiger partial charge in [0.25, 0.3) is 5.92 Å². The van der Waals surface area contributed by atoms with Crippen molar-refractivity contribution in [2.75, 3.05) is 26.2 Å². The van der Waals surface area contributed by atoms with E-state index >= 15 is 0 Å². The summed E-state index contributed by atoms with van der Waals surface area (Å²) in [7, 11) is 0. The Balaban J connectivity index is 1.78. The Morgan fingerprint density at radius 1 is 1.20 bits per heavy atom. The minimum Gasteiger partial charge on any atom is -0.308 e. The van der Waals surface area contributed by atoms with E-state index in [0.717, 1.165) is 38.9 Å². The number of alkyl halides is 2. The van der Waals surface area contributed by atoms with Gasteiger partial charge in [-0.2, -0.15) is 8.78 Å². The van der Waals surface area contributed by atoms with Gasteiger partial charge in [0.1, 0.15) is 0 Å². The fourth-order valence-corrected chi connectivity index (χ4v) is 2.73. The van der Waals surface area contributed by atoms with E-state index in [2.05, 4.69) is 17.1 Å². The summed E-state index contributed by atoms with van der Waals surface area (Å²) in [5.41, 5.74) is 0.0934. The molecule has 0 amide bonds. The van der Waals surface area contributed by atoms with Crippen molar-refractivity contribution >= 4 is 0 Å². The number of hydrogen-bond acceptors (Lipinski definition) is 2. The standard InChI is InChI=1S/C16H24F2N2/c1-2-10-20-11-8-15(9-12-20)19-13-16(17,18)14-6-4-3-5-7-14/h3-7,15,19H,2,8-13H2,1H3. The van der Waals surface area contributed by atoms with Gasteiger partial charge in [0, 0.05) is 11.6 Å². The summed E-state index contributed by atoms with van der Waals surface area (Å²) in [4.78, 5) is 2.41. The molecule has 1 heterocycles. The van der Waals surface area contributed by atoms with Crippen LogP contribution in [0, 0.1) is 0 Å². The normalized spacial score (nSPS) is 18.4. The van der Waals surface area contributed by atoms with Gasteiger partial charge >= 0.3 is 0 Å². The summed E-state index contributed by atoms with van der Waals surface area (Å²) in [6.07, 6.45) is 3.08. The minimum absolute atomic E-state index is 0.0934. The lowest BCUT2D eigenvalue weighted by atomic mass is 10.0. The Hall–Kier alpha value is -1.00. The van der Waals surface area contributed by atoms with Crippen molar-refractivity contribution in [3.05, 3.63) is 35.9 Å². The van der Waals surface area contributed by atoms with Crippen LogP contribution in [0.15, 0.2) is 30.3 Å². The lowest BCUT2D eigenvalue weighted by molar-refractivity contribution is -0.00776. The van der Waals surface area contributed by atoms with E-state index in [0.29, 0.717) is 0 Å². The molecule has 2 nitrogen and oxygen atoms in total. The largest absolute Gasteiger partial charge is 0.308 e. The van der Waals surface area contributed by atoms with Crippen molar-refractivity contribution in [3.63, 3.8) is 0 Å². The molecule has 0 aromatic heterocycles. The highest BCUT2D eigenvalue weighted by Crippen LogP contribution is 2.27. The molecule has 112 valence electrons. The van der Waals surface area contributed by atoms with Crippen molar-refractivity contribution in [1.29, 1.82) is 0 Å². The summed E-state index contributed by atoms with van der Waals surface area (Å²) in [6.45, 7) is 5.05. The number of benzene rings is 1. The molecule has 1 saturated heterocycles. The van der Waals surface area contributed by atoms with E-state index in [4.69, 9.17) is 0 Å². The molecule has 1 aromatic carbocycles. The van der Waals surface area contributed by atoms with E-state index in [-0.39, 0.29) is 18.2 Å². The van der Waals surface area contributed by atoms with Crippen LogP contribution >= 0.6 is 0 Å². The average molecular weight is 282 g/mol. The second kappa shape index (κ2) is 7.14. The zero-order valence-electron chi connectivity index (χ0n) is 12.1. The van der Waals surface area contributed by atoms with Crippen LogP contribution in [-0.2, 0) is 5.92 Å². The van der Waals surface area contributed by atoms with Crippen LogP contribution in [0.3, 0.4) is 0 Å². The molecule has 0 spiro atoms. The monoisotopic (exact) mass is 282 g/mol. The van der Waals surface area contributed by atoms with Crippen molar-refractivity contribution in [3.8, 4) is 0 Å². The summed E-state index contributed by atoms with van der Waals surface area (Å²) in [5.74, 6) is -2.79. The summed E-state index contributed by atoms with van der Waals surface area (Å²) in [6, 6.07) is 8.28. The van der Waals surface area contributed by atoms with Crippen molar-refractivity contribution < 1.29 is 8.78 Å². The molecule has 1 aromatic rings. The van der Waals surface area contributed by atoms with E-state index in [1.165, 1.54) is 12.1 Å². The SMILES string of the molecule is CCCN1CCC(NCC(F)(F)c2ccccc2)CC1. The molecule has 2 rings (SSSR count). The van der Waals surface area contributed by atoms with E-state index in [9.17, 15) is 8.78 Å². The molecule has 4 heteroatoms. The Labute approximate surface area is 120 Å². The van der Waals surface area contributed by atoms with Crippen LogP contribution in [0.1, 0.15) is 31.7 Å². The molecule has 1 N–H and O–H groups in total. The predicted octanol–water partition coefficient (Wildman–Crippen LogP) is 3.24. The predicted molar refractivity (Wildman–Crippen MR) is 78.1 cm³/mol. The van der Waals surface area contributed by atoms with Crippen LogP contribution in [0.5, 0.6) is 0 Å². The van der Waals surface area contributed by atoms with E-state index in [1.807, 2.05) is 0 Å². The number of nitrogens with one attached hydrogen (secondary N) is 1. The van der Waals surface area contributed by atoms with Crippen LogP contribution in [-0.4, -0.2) is 37.1 Å². The maximum atomic E-state index is 14.0. The van der Waals surface area contributed by atoms with Crippen LogP contribution in [0.2, 0.25) is 0 Å².